The summed E-state index contributed by atoms with van der Waals surface area (Å²) in [6.07, 6.45) is 4.93. The number of thiazole rings is 1. The smallest absolute Gasteiger partial charge is 0.113 e. The standard InChI is InChI=1S/C10H18N2S/c1-4-8-7-12-9(13-8)10(11,5-2)6-3/h7H,4-6,11H2,1-3H3. The second-order valence-corrected chi connectivity index (χ2v) is 4.46. The van der Waals surface area contributed by atoms with Crippen molar-refractivity contribution in [2.45, 2.75) is 45.6 Å². The molecule has 0 atom stereocenters. The highest BCUT2D eigenvalue weighted by Crippen LogP contribution is 2.29. The third kappa shape index (κ3) is 2.09. The van der Waals surface area contributed by atoms with Crippen molar-refractivity contribution < 1.29 is 0 Å². The monoisotopic (exact) mass is 198 g/mol. The van der Waals surface area contributed by atoms with E-state index < -0.39 is 0 Å². The van der Waals surface area contributed by atoms with Crippen LogP contribution in [0.2, 0.25) is 0 Å². The van der Waals surface area contributed by atoms with Crippen LogP contribution in [0, 0.1) is 0 Å². The van der Waals surface area contributed by atoms with E-state index in [0.717, 1.165) is 24.3 Å². The molecule has 0 radical (unpaired) electrons. The Balaban J connectivity index is 2.91. The van der Waals surface area contributed by atoms with E-state index in [1.807, 2.05) is 6.20 Å². The first kappa shape index (κ1) is 10.7. The van der Waals surface area contributed by atoms with E-state index in [0.29, 0.717) is 0 Å². The number of hydrogen-bond donors (Lipinski definition) is 1. The van der Waals surface area contributed by atoms with Crippen molar-refractivity contribution >= 4 is 11.3 Å². The summed E-state index contributed by atoms with van der Waals surface area (Å²) in [5, 5.41) is 1.09. The molecule has 0 saturated heterocycles. The molecule has 74 valence electrons. The SMILES string of the molecule is CCc1cnc(C(N)(CC)CC)s1. The molecule has 13 heavy (non-hydrogen) atoms. The molecule has 1 rings (SSSR count). The van der Waals surface area contributed by atoms with Crippen LogP contribution in [0.5, 0.6) is 0 Å². The Labute approximate surface area is 84.2 Å². The zero-order chi connectivity index (χ0) is 9.90. The Morgan fingerprint density at radius 2 is 2.00 bits per heavy atom. The zero-order valence-electron chi connectivity index (χ0n) is 8.63. The minimum absolute atomic E-state index is 0.196. The predicted octanol–water partition coefficient (Wildman–Crippen LogP) is 2.68. The summed E-state index contributed by atoms with van der Waals surface area (Å²) in [4.78, 5) is 5.72. The molecule has 0 fully saturated rings. The van der Waals surface area contributed by atoms with Crippen molar-refractivity contribution in [2.75, 3.05) is 0 Å². The van der Waals surface area contributed by atoms with Gasteiger partial charge in [0.05, 0.1) is 5.54 Å². The Hall–Kier alpha value is -0.410. The van der Waals surface area contributed by atoms with Gasteiger partial charge in [0.1, 0.15) is 5.01 Å². The van der Waals surface area contributed by atoms with Gasteiger partial charge in [0.15, 0.2) is 0 Å². The van der Waals surface area contributed by atoms with Gasteiger partial charge in [-0.1, -0.05) is 20.8 Å². The number of rotatable bonds is 4. The lowest BCUT2D eigenvalue weighted by Crippen LogP contribution is -2.34. The molecular formula is C10H18N2S. The fraction of sp³-hybridized carbons (Fsp3) is 0.700. The Kier molecular flexibility index (Phi) is 3.45. The molecule has 2 nitrogen and oxygen atoms in total. The molecule has 0 amide bonds. The number of hydrogen-bond acceptors (Lipinski definition) is 3. The van der Waals surface area contributed by atoms with Gasteiger partial charge in [0, 0.05) is 11.1 Å². The quantitative estimate of drug-likeness (QED) is 0.808. The van der Waals surface area contributed by atoms with Crippen LogP contribution in [-0.2, 0) is 12.0 Å². The van der Waals surface area contributed by atoms with Gasteiger partial charge in [-0.3, -0.25) is 0 Å². The average Bonchev–Trinajstić information content (AvgIpc) is 2.65. The molecule has 0 aliphatic heterocycles. The van der Waals surface area contributed by atoms with Crippen molar-refractivity contribution in [1.29, 1.82) is 0 Å². The fourth-order valence-corrected chi connectivity index (χ4v) is 2.35. The highest BCUT2D eigenvalue weighted by Gasteiger charge is 2.26. The lowest BCUT2D eigenvalue weighted by atomic mass is 9.95. The van der Waals surface area contributed by atoms with Crippen molar-refractivity contribution in [3.8, 4) is 0 Å². The summed E-state index contributed by atoms with van der Waals surface area (Å²) in [5.41, 5.74) is 6.04. The van der Waals surface area contributed by atoms with Gasteiger partial charge in [0.2, 0.25) is 0 Å². The van der Waals surface area contributed by atoms with Gasteiger partial charge in [-0.15, -0.1) is 11.3 Å². The van der Waals surface area contributed by atoms with E-state index in [4.69, 9.17) is 5.73 Å². The first-order valence-corrected chi connectivity index (χ1v) is 5.72. The second-order valence-electron chi connectivity index (χ2n) is 3.35. The van der Waals surface area contributed by atoms with Crippen LogP contribution < -0.4 is 5.73 Å². The maximum atomic E-state index is 6.23. The number of nitrogens with two attached hydrogens (primary N) is 1. The second kappa shape index (κ2) is 4.20. The highest BCUT2D eigenvalue weighted by atomic mass is 32.1. The summed E-state index contributed by atoms with van der Waals surface area (Å²) in [6.45, 7) is 6.39. The summed E-state index contributed by atoms with van der Waals surface area (Å²) < 4.78 is 0. The highest BCUT2D eigenvalue weighted by molar-refractivity contribution is 7.11. The Morgan fingerprint density at radius 3 is 2.38 bits per heavy atom. The molecule has 0 aromatic carbocycles. The minimum atomic E-state index is -0.196. The van der Waals surface area contributed by atoms with Crippen molar-refractivity contribution in [3.05, 3.63) is 16.1 Å². The number of aromatic nitrogens is 1. The molecule has 0 spiro atoms. The summed E-state index contributed by atoms with van der Waals surface area (Å²) in [5.74, 6) is 0. The molecular weight excluding hydrogens is 180 g/mol. The molecule has 2 N–H and O–H groups in total. The van der Waals surface area contributed by atoms with Gasteiger partial charge in [-0.25, -0.2) is 4.98 Å². The minimum Gasteiger partial charge on any atom is -0.319 e. The van der Waals surface area contributed by atoms with E-state index in [9.17, 15) is 0 Å². The van der Waals surface area contributed by atoms with Crippen LogP contribution in [0.15, 0.2) is 6.20 Å². The van der Waals surface area contributed by atoms with Crippen LogP contribution in [0.3, 0.4) is 0 Å². The van der Waals surface area contributed by atoms with Gasteiger partial charge in [-0.2, -0.15) is 0 Å². The fourth-order valence-electron chi connectivity index (χ4n) is 1.25. The molecule has 3 heteroatoms. The molecule has 1 aromatic rings. The zero-order valence-corrected chi connectivity index (χ0v) is 9.45. The van der Waals surface area contributed by atoms with E-state index >= 15 is 0 Å². The molecule has 0 aliphatic rings. The van der Waals surface area contributed by atoms with Crippen LogP contribution in [0.25, 0.3) is 0 Å². The first-order valence-electron chi connectivity index (χ1n) is 4.90. The number of aryl methyl sites for hydroxylation is 1. The topological polar surface area (TPSA) is 38.9 Å². The lowest BCUT2D eigenvalue weighted by Gasteiger charge is -2.23. The largest absolute Gasteiger partial charge is 0.319 e. The van der Waals surface area contributed by atoms with Crippen LogP contribution in [0.1, 0.15) is 43.5 Å². The summed E-state index contributed by atoms with van der Waals surface area (Å²) in [7, 11) is 0. The summed E-state index contributed by atoms with van der Waals surface area (Å²) in [6, 6.07) is 0. The van der Waals surface area contributed by atoms with Gasteiger partial charge < -0.3 is 5.73 Å². The van der Waals surface area contributed by atoms with Crippen molar-refractivity contribution in [2.24, 2.45) is 5.73 Å². The van der Waals surface area contributed by atoms with Crippen molar-refractivity contribution in [1.82, 2.24) is 4.98 Å². The van der Waals surface area contributed by atoms with E-state index in [-0.39, 0.29) is 5.54 Å². The molecule has 0 saturated carbocycles. The van der Waals surface area contributed by atoms with E-state index in [1.54, 1.807) is 11.3 Å². The van der Waals surface area contributed by atoms with Crippen molar-refractivity contribution in [3.63, 3.8) is 0 Å². The van der Waals surface area contributed by atoms with Crippen LogP contribution >= 0.6 is 11.3 Å². The predicted molar refractivity (Wildman–Crippen MR) is 57.9 cm³/mol. The third-order valence-corrected chi connectivity index (χ3v) is 3.95. The van der Waals surface area contributed by atoms with Gasteiger partial charge in [0.25, 0.3) is 0 Å². The normalized spacial score (nSPS) is 12.0. The van der Waals surface area contributed by atoms with Gasteiger partial charge >= 0.3 is 0 Å². The summed E-state index contributed by atoms with van der Waals surface area (Å²) >= 11 is 1.75. The Bertz CT molecular complexity index is 264. The first-order chi connectivity index (χ1) is 6.16. The van der Waals surface area contributed by atoms with E-state index in [2.05, 4.69) is 25.8 Å². The number of nitrogens with zero attached hydrogens (tertiary/aromatic N) is 1. The molecule has 0 bridgehead atoms. The lowest BCUT2D eigenvalue weighted by molar-refractivity contribution is 0.411. The maximum Gasteiger partial charge on any atom is 0.113 e. The van der Waals surface area contributed by atoms with Crippen LogP contribution in [-0.4, -0.2) is 4.98 Å². The maximum absolute atomic E-state index is 6.23. The van der Waals surface area contributed by atoms with Crippen LogP contribution in [0.4, 0.5) is 0 Å². The Morgan fingerprint density at radius 1 is 1.38 bits per heavy atom. The average molecular weight is 198 g/mol. The van der Waals surface area contributed by atoms with E-state index in [1.165, 1.54) is 4.88 Å². The molecule has 1 aromatic heterocycles. The molecule has 0 aliphatic carbocycles. The third-order valence-electron chi connectivity index (χ3n) is 2.59. The molecule has 1 heterocycles. The van der Waals surface area contributed by atoms with Gasteiger partial charge in [-0.05, 0) is 19.3 Å². The molecule has 0 unspecified atom stereocenters.